The van der Waals surface area contributed by atoms with E-state index in [9.17, 15) is 19.5 Å². The molecule has 2 N–H and O–H groups in total. The minimum absolute atomic E-state index is 0.274. The number of alkyl carbamates (subject to hydrolysis) is 1. The van der Waals surface area contributed by atoms with Crippen LogP contribution in [0.5, 0.6) is 0 Å². The van der Waals surface area contributed by atoms with Gasteiger partial charge in [-0.3, -0.25) is 0 Å². The Morgan fingerprint density at radius 1 is 1.00 bits per heavy atom. The first-order valence-corrected chi connectivity index (χ1v) is 8.49. The molecule has 0 aromatic carbocycles. The smallest absolute Gasteiger partial charge is 0.410 e. The first-order valence-electron chi connectivity index (χ1n) is 8.49. The molecule has 0 aromatic rings. The van der Waals surface area contributed by atoms with Gasteiger partial charge in [0.15, 0.2) is 0 Å². The van der Waals surface area contributed by atoms with Crippen LogP contribution < -0.4 is 5.32 Å². The minimum Gasteiger partial charge on any atom is -0.480 e. The maximum absolute atomic E-state index is 12.1. The number of carbonyl (C=O) groups is 3. The molecule has 1 fully saturated rings. The normalized spacial score (nSPS) is 17.6. The van der Waals surface area contributed by atoms with Crippen LogP contribution in [-0.4, -0.2) is 58.5 Å². The second-order valence-electron chi connectivity index (χ2n) is 8.27. The fraction of sp³-hybridized carbons (Fsp3) is 0.824. The highest BCUT2D eigenvalue weighted by molar-refractivity contribution is 5.80. The number of amides is 2. The molecule has 8 heteroatoms. The quantitative estimate of drug-likeness (QED) is 0.803. The summed E-state index contributed by atoms with van der Waals surface area (Å²) < 4.78 is 10.4. The summed E-state index contributed by atoms with van der Waals surface area (Å²) >= 11 is 0. The second kappa shape index (κ2) is 7.93. The van der Waals surface area contributed by atoms with Crippen molar-refractivity contribution in [2.24, 2.45) is 5.92 Å². The van der Waals surface area contributed by atoms with Crippen molar-refractivity contribution in [3.63, 3.8) is 0 Å². The minimum atomic E-state index is -1.11. The van der Waals surface area contributed by atoms with E-state index in [0.29, 0.717) is 25.9 Å². The van der Waals surface area contributed by atoms with Crippen molar-refractivity contribution in [2.45, 2.75) is 71.6 Å². The highest BCUT2D eigenvalue weighted by Crippen LogP contribution is 2.23. The average Bonchev–Trinajstić information content (AvgIpc) is 2.41. The Labute approximate surface area is 148 Å². The molecule has 0 saturated carbocycles. The van der Waals surface area contributed by atoms with Gasteiger partial charge in [0.25, 0.3) is 0 Å². The fourth-order valence-corrected chi connectivity index (χ4v) is 2.56. The first-order chi connectivity index (χ1) is 11.3. The number of carbonyl (C=O) groups excluding carboxylic acids is 2. The zero-order valence-electron chi connectivity index (χ0n) is 15.9. The number of carboxylic acid groups (broad SMARTS) is 1. The van der Waals surface area contributed by atoms with Crippen molar-refractivity contribution in [1.82, 2.24) is 10.2 Å². The second-order valence-corrected chi connectivity index (χ2v) is 8.27. The number of rotatable bonds is 3. The van der Waals surface area contributed by atoms with E-state index in [4.69, 9.17) is 9.47 Å². The van der Waals surface area contributed by atoms with Gasteiger partial charge in [-0.1, -0.05) is 0 Å². The molecule has 1 rings (SSSR count). The number of carboxylic acids is 1. The molecular formula is C17H30N2O6. The number of hydrogen-bond acceptors (Lipinski definition) is 5. The van der Waals surface area contributed by atoms with Gasteiger partial charge in [-0.15, -0.1) is 0 Å². The largest absolute Gasteiger partial charge is 0.480 e. The van der Waals surface area contributed by atoms with Gasteiger partial charge in [0, 0.05) is 13.1 Å². The number of ether oxygens (including phenoxy) is 2. The van der Waals surface area contributed by atoms with E-state index in [1.807, 2.05) is 0 Å². The molecule has 0 bridgehead atoms. The van der Waals surface area contributed by atoms with Gasteiger partial charge in [0.05, 0.1) is 0 Å². The van der Waals surface area contributed by atoms with Crippen molar-refractivity contribution in [2.75, 3.05) is 13.1 Å². The van der Waals surface area contributed by atoms with Gasteiger partial charge in [0.1, 0.15) is 17.2 Å². The van der Waals surface area contributed by atoms with Gasteiger partial charge in [-0.2, -0.15) is 0 Å². The van der Waals surface area contributed by atoms with E-state index in [-0.39, 0.29) is 5.92 Å². The van der Waals surface area contributed by atoms with Crippen LogP contribution >= 0.6 is 0 Å². The lowest BCUT2D eigenvalue weighted by atomic mass is 9.89. The number of likely N-dealkylation sites (tertiary alicyclic amines) is 1. The third-order valence-electron chi connectivity index (χ3n) is 3.60. The molecule has 1 atom stereocenters. The lowest BCUT2D eigenvalue weighted by Crippen LogP contribution is -2.51. The average molecular weight is 358 g/mol. The summed E-state index contributed by atoms with van der Waals surface area (Å²) in [6, 6.07) is -1.05. The van der Waals surface area contributed by atoms with E-state index in [2.05, 4.69) is 5.32 Å². The molecule has 1 aliphatic rings. The van der Waals surface area contributed by atoms with Crippen LogP contribution in [0.25, 0.3) is 0 Å². The van der Waals surface area contributed by atoms with Crippen molar-refractivity contribution in [1.29, 1.82) is 0 Å². The summed E-state index contributed by atoms with van der Waals surface area (Å²) in [5.41, 5.74) is -1.27. The lowest BCUT2D eigenvalue weighted by Gasteiger charge is -2.35. The Kier molecular flexibility index (Phi) is 6.68. The van der Waals surface area contributed by atoms with Crippen LogP contribution in [0.2, 0.25) is 0 Å². The maximum atomic E-state index is 12.1. The zero-order valence-corrected chi connectivity index (χ0v) is 15.9. The van der Waals surface area contributed by atoms with Gasteiger partial charge in [-0.25, -0.2) is 14.4 Å². The summed E-state index contributed by atoms with van der Waals surface area (Å²) in [4.78, 5) is 37.0. The molecule has 8 nitrogen and oxygen atoms in total. The highest BCUT2D eigenvalue weighted by Gasteiger charge is 2.35. The molecule has 0 spiro atoms. The van der Waals surface area contributed by atoms with Crippen molar-refractivity contribution >= 4 is 18.2 Å². The summed E-state index contributed by atoms with van der Waals surface area (Å²) in [6.07, 6.45) is -0.231. The summed E-state index contributed by atoms with van der Waals surface area (Å²) in [5, 5.41) is 11.9. The Morgan fingerprint density at radius 3 is 1.88 bits per heavy atom. The number of piperidine rings is 1. The summed E-state index contributed by atoms with van der Waals surface area (Å²) in [6.45, 7) is 11.3. The maximum Gasteiger partial charge on any atom is 0.410 e. The first kappa shape index (κ1) is 21.1. The van der Waals surface area contributed by atoms with E-state index in [1.54, 1.807) is 46.4 Å². The molecule has 1 heterocycles. The highest BCUT2D eigenvalue weighted by atomic mass is 16.6. The summed E-state index contributed by atoms with van der Waals surface area (Å²) in [7, 11) is 0. The van der Waals surface area contributed by atoms with Crippen LogP contribution in [0, 0.1) is 5.92 Å². The van der Waals surface area contributed by atoms with Gasteiger partial charge < -0.3 is 24.8 Å². The number of aliphatic carboxylic acids is 1. The third-order valence-corrected chi connectivity index (χ3v) is 3.60. The van der Waals surface area contributed by atoms with Crippen LogP contribution in [0.4, 0.5) is 9.59 Å². The zero-order chi connectivity index (χ0) is 19.4. The topological polar surface area (TPSA) is 105 Å². The fourth-order valence-electron chi connectivity index (χ4n) is 2.56. The Balaban J connectivity index is 2.61. The lowest BCUT2D eigenvalue weighted by molar-refractivity contribution is -0.141. The number of nitrogens with zero attached hydrogens (tertiary/aromatic N) is 1. The van der Waals surface area contributed by atoms with E-state index < -0.39 is 35.4 Å². The molecule has 0 aromatic heterocycles. The van der Waals surface area contributed by atoms with Crippen LogP contribution in [-0.2, 0) is 14.3 Å². The Hall–Kier alpha value is -1.99. The molecule has 0 aliphatic carbocycles. The van der Waals surface area contributed by atoms with E-state index in [1.165, 1.54) is 0 Å². The van der Waals surface area contributed by atoms with Crippen molar-refractivity contribution in [3.8, 4) is 0 Å². The van der Waals surface area contributed by atoms with Gasteiger partial charge >= 0.3 is 18.2 Å². The van der Waals surface area contributed by atoms with Crippen LogP contribution in [0.3, 0.4) is 0 Å². The molecule has 1 aliphatic heterocycles. The van der Waals surface area contributed by atoms with Gasteiger partial charge in [0.2, 0.25) is 0 Å². The number of hydrogen-bond donors (Lipinski definition) is 2. The van der Waals surface area contributed by atoms with Crippen molar-refractivity contribution < 1.29 is 29.0 Å². The predicted octanol–water partition coefficient (Wildman–Crippen LogP) is 2.61. The van der Waals surface area contributed by atoms with Crippen LogP contribution in [0.1, 0.15) is 54.4 Å². The Bertz CT molecular complexity index is 498. The Morgan fingerprint density at radius 2 is 1.48 bits per heavy atom. The summed E-state index contributed by atoms with van der Waals surface area (Å²) in [5.74, 6) is -1.38. The predicted molar refractivity (Wildman–Crippen MR) is 91.3 cm³/mol. The molecule has 0 unspecified atom stereocenters. The standard InChI is InChI=1S/C17H30N2O6/c1-16(2,3)24-14(22)18-12(13(20)21)11-7-9-19(10-8-11)15(23)25-17(4,5)6/h11-12H,7-10H2,1-6H3,(H,18,22)(H,20,21)/t12-/m1/s1. The van der Waals surface area contributed by atoms with E-state index in [0.717, 1.165) is 0 Å². The van der Waals surface area contributed by atoms with Crippen molar-refractivity contribution in [3.05, 3.63) is 0 Å². The third kappa shape index (κ3) is 7.62. The SMILES string of the molecule is CC(C)(C)OC(=O)N[C@@H](C(=O)O)C1CCN(C(=O)OC(C)(C)C)CC1. The molecule has 25 heavy (non-hydrogen) atoms. The molecule has 0 radical (unpaired) electrons. The number of nitrogens with one attached hydrogen (secondary N) is 1. The van der Waals surface area contributed by atoms with Crippen LogP contribution in [0.15, 0.2) is 0 Å². The molecular weight excluding hydrogens is 328 g/mol. The van der Waals surface area contributed by atoms with Gasteiger partial charge in [-0.05, 0) is 60.3 Å². The molecule has 2 amide bonds. The molecule has 144 valence electrons. The molecule has 1 saturated heterocycles. The monoisotopic (exact) mass is 358 g/mol. The van der Waals surface area contributed by atoms with E-state index >= 15 is 0 Å².